The molecule has 1 fully saturated rings. The van der Waals surface area contributed by atoms with Crippen LogP contribution in [0, 0.1) is 6.92 Å². The maximum Gasteiger partial charge on any atom is 0.0779 e. The zero-order valence-electron chi connectivity index (χ0n) is 13.0. The van der Waals surface area contributed by atoms with Crippen molar-refractivity contribution in [3.8, 4) is 0 Å². The van der Waals surface area contributed by atoms with Crippen molar-refractivity contribution in [3.63, 3.8) is 0 Å². The molecule has 5 heteroatoms. The maximum absolute atomic E-state index is 10.9. The van der Waals surface area contributed by atoms with Gasteiger partial charge in [0.2, 0.25) is 0 Å². The van der Waals surface area contributed by atoms with E-state index in [4.69, 9.17) is 0 Å². The van der Waals surface area contributed by atoms with Gasteiger partial charge in [-0.05, 0) is 56.7 Å². The summed E-state index contributed by atoms with van der Waals surface area (Å²) in [5.74, 6) is 0. The van der Waals surface area contributed by atoms with Gasteiger partial charge in [-0.2, -0.15) is 5.10 Å². The predicted molar refractivity (Wildman–Crippen MR) is 84.9 cm³/mol. The molecule has 0 aliphatic heterocycles. The van der Waals surface area contributed by atoms with Crippen LogP contribution in [0.1, 0.15) is 44.0 Å². The lowest BCUT2D eigenvalue weighted by Gasteiger charge is -2.40. The Bertz CT molecular complexity index is 464. The van der Waals surface area contributed by atoms with Crippen LogP contribution in [0.2, 0.25) is 0 Å². The Morgan fingerprint density at radius 1 is 1.40 bits per heavy atom. The van der Waals surface area contributed by atoms with Crippen molar-refractivity contribution in [1.29, 1.82) is 0 Å². The summed E-state index contributed by atoms with van der Waals surface area (Å²) in [4.78, 5) is 2.22. The van der Waals surface area contributed by atoms with E-state index < -0.39 is 0 Å². The highest BCUT2D eigenvalue weighted by Crippen LogP contribution is 2.38. The van der Waals surface area contributed by atoms with Crippen LogP contribution in [0.5, 0.6) is 0 Å². The van der Waals surface area contributed by atoms with Crippen LogP contribution >= 0.6 is 15.9 Å². The number of aromatic nitrogens is 2. The van der Waals surface area contributed by atoms with Gasteiger partial charge in [0.25, 0.3) is 0 Å². The third-order valence-electron chi connectivity index (χ3n) is 4.82. The van der Waals surface area contributed by atoms with Crippen molar-refractivity contribution in [2.24, 2.45) is 0 Å². The molecule has 0 amide bonds. The van der Waals surface area contributed by atoms with E-state index in [9.17, 15) is 5.11 Å². The van der Waals surface area contributed by atoms with E-state index in [0.717, 1.165) is 35.2 Å². The smallest absolute Gasteiger partial charge is 0.0779 e. The molecule has 114 valence electrons. The molecule has 4 nitrogen and oxygen atoms in total. The molecule has 0 radical (unpaired) electrons. The molecule has 1 heterocycles. The molecule has 0 aromatic carbocycles. The molecule has 1 aromatic heterocycles. The molecule has 0 bridgehead atoms. The number of halogens is 1. The summed E-state index contributed by atoms with van der Waals surface area (Å²) >= 11 is 3.63. The summed E-state index contributed by atoms with van der Waals surface area (Å²) in [6.07, 6.45) is 4.90. The molecule has 1 atom stereocenters. The lowest BCUT2D eigenvalue weighted by Crippen LogP contribution is -2.52. The largest absolute Gasteiger partial charge is 0.391 e. The minimum Gasteiger partial charge on any atom is -0.391 e. The molecule has 1 aliphatic carbocycles. The second-order valence-electron chi connectivity index (χ2n) is 6.09. The zero-order valence-corrected chi connectivity index (χ0v) is 14.6. The molecule has 20 heavy (non-hydrogen) atoms. The lowest BCUT2D eigenvalue weighted by molar-refractivity contribution is -0.00366. The van der Waals surface area contributed by atoms with Crippen molar-refractivity contribution in [2.45, 2.75) is 64.1 Å². The Morgan fingerprint density at radius 2 is 2.00 bits per heavy atom. The quantitative estimate of drug-likeness (QED) is 0.893. The van der Waals surface area contributed by atoms with E-state index in [0.29, 0.717) is 6.42 Å². The second kappa shape index (κ2) is 6.16. The summed E-state index contributed by atoms with van der Waals surface area (Å²) < 4.78 is 3.05. The second-order valence-corrected chi connectivity index (χ2v) is 6.88. The lowest BCUT2D eigenvalue weighted by atomic mass is 9.86. The van der Waals surface area contributed by atoms with E-state index in [1.54, 1.807) is 0 Å². The average Bonchev–Trinajstić information content (AvgIpc) is 3.00. The average molecular weight is 344 g/mol. The summed E-state index contributed by atoms with van der Waals surface area (Å²) in [5, 5.41) is 15.4. The van der Waals surface area contributed by atoms with Gasteiger partial charge in [-0.1, -0.05) is 12.8 Å². The number of hydrogen-bond acceptors (Lipinski definition) is 3. The van der Waals surface area contributed by atoms with Crippen LogP contribution < -0.4 is 0 Å². The van der Waals surface area contributed by atoms with E-state index in [-0.39, 0.29) is 11.6 Å². The molecular weight excluding hydrogens is 318 g/mol. The molecular formula is C15H26BrN3O. The third kappa shape index (κ3) is 2.68. The van der Waals surface area contributed by atoms with Crippen molar-refractivity contribution < 1.29 is 5.11 Å². The van der Waals surface area contributed by atoms with E-state index in [1.807, 2.05) is 11.6 Å². The van der Waals surface area contributed by atoms with Crippen molar-refractivity contribution in [3.05, 3.63) is 15.9 Å². The molecule has 2 rings (SSSR count). The fraction of sp³-hybridized carbons (Fsp3) is 0.800. The van der Waals surface area contributed by atoms with E-state index in [2.05, 4.69) is 46.9 Å². The first-order valence-corrected chi connectivity index (χ1v) is 8.29. The highest BCUT2D eigenvalue weighted by atomic mass is 79.9. The number of likely N-dealkylation sites (N-methyl/N-ethyl adjacent to an activating group) is 1. The Hall–Kier alpha value is -0.390. The molecule has 1 aliphatic rings. The zero-order chi connectivity index (χ0) is 14.9. The summed E-state index contributed by atoms with van der Waals surface area (Å²) in [6, 6.07) is 0. The first kappa shape index (κ1) is 16.0. The molecule has 1 saturated carbocycles. The van der Waals surface area contributed by atoms with Crippen LogP contribution in [0.3, 0.4) is 0 Å². The summed E-state index contributed by atoms with van der Waals surface area (Å²) in [5.41, 5.74) is 2.04. The van der Waals surface area contributed by atoms with Crippen LogP contribution in [-0.2, 0) is 13.0 Å². The van der Waals surface area contributed by atoms with Gasteiger partial charge < -0.3 is 10.0 Å². The maximum atomic E-state index is 10.9. The number of rotatable bonds is 5. The van der Waals surface area contributed by atoms with Crippen LogP contribution in [0.4, 0.5) is 0 Å². The van der Waals surface area contributed by atoms with Gasteiger partial charge >= 0.3 is 0 Å². The molecule has 1 N–H and O–H groups in total. The Labute approximate surface area is 130 Å². The highest BCUT2D eigenvalue weighted by Gasteiger charge is 2.43. The fourth-order valence-electron chi connectivity index (χ4n) is 3.50. The molecule has 1 aromatic rings. The number of nitrogens with zero attached hydrogens (tertiary/aromatic N) is 3. The minimum atomic E-state index is -0.349. The van der Waals surface area contributed by atoms with Crippen molar-refractivity contribution in [1.82, 2.24) is 14.7 Å². The van der Waals surface area contributed by atoms with E-state index in [1.165, 1.54) is 12.8 Å². The Kier molecular flexibility index (Phi) is 4.92. The first-order chi connectivity index (χ1) is 9.42. The fourth-order valence-corrected chi connectivity index (χ4v) is 3.95. The first-order valence-electron chi connectivity index (χ1n) is 7.49. The van der Waals surface area contributed by atoms with Crippen LogP contribution in [0.25, 0.3) is 0 Å². The minimum absolute atomic E-state index is 0.0732. The predicted octanol–water partition coefficient (Wildman–Crippen LogP) is 2.75. The molecule has 1 unspecified atom stereocenters. The van der Waals surface area contributed by atoms with Gasteiger partial charge in [-0.15, -0.1) is 0 Å². The monoisotopic (exact) mass is 343 g/mol. The van der Waals surface area contributed by atoms with Gasteiger partial charge in [0, 0.05) is 18.5 Å². The number of aryl methyl sites for hydroxylation is 2. The standard InChI is InChI=1S/C15H26BrN3O/c1-5-19-12(14(16)11(2)17-19)10-13(20)15(18(3)4)8-6-7-9-15/h13,20H,5-10H2,1-4H3. The summed E-state index contributed by atoms with van der Waals surface area (Å²) in [7, 11) is 4.18. The normalized spacial score (nSPS) is 19.8. The number of hydrogen-bond donors (Lipinski definition) is 1. The van der Waals surface area contributed by atoms with Crippen LogP contribution in [-0.4, -0.2) is 45.5 Å². The summed E-state index contributed by atoms with van der Waals surface area (Å²) in [6.45, 7) is 4.93. The van der Waals surface area contributed by atoms with Crippen molar-refractivity contribution >= 4 is 15.9 Å². The van der Waals surface area contributed by atoms with Gasteiger partial charge in [-0.25, -0.2) is 0 Å². The van der Waals surface area contributed by atoms with Crippen LogP contribution in [0.15, 0.2) is 4.47 Å². The third-order valence-corrected chi connectivity index (χ3v) is 5.85. The van der Waals surface area contributed by atoms with Gasteiger partial charge in [0.05, 0.1) is 22.0 Å². The van der Waals surface area contributed by atoms with Crippen molar-refractivity contribution in [2.75, 3.05) is 14.1 Å². The van der Waals surface area contributed by atoms with Gasteiger partial charge in [0.15, 0.2) is 0 Å². The SMILES string of the molecule is CCn1nc(C)c(Br)c1CC(O)C1(N(C)C)CCCC1. The Balaban J connectivity index is 2.25. The topological polar surface area (TPSA) is 41.3 Å². The van der Waals surface area contributed by atoms with Gasteiger partial charge in [0.1, 0.15) is 0 Å². The highest BCUT2D eigenvalue weighted by molar-refractivity contribution is 9.10. The molecule has 0 spiro atoms. The van der Waals surface area contributed by atoms with E-state index >= 15 is 0 Å². The molecule has 0 saturated heterocycles. The number of aliphatic hydroxyl groups excluding tert-OH is 1. The van der Waals surface area contributed by atoms with Gasteiger partial charge in [-0.3, -0.25) is 4.68 Å². The Morgan fingerprint density at radius 3 is 2.50 bits per heavy atom. The number of aliphatic hydroxyl groups is 1.